The first-order chi connectivity index (χ1) is 13.7. The highest BCUT2D eigenvalue weighted by Crippen LogP contribution is 2.18. The Hall–Kier alpha value is -0.850. The summed E-state index contributed by atoms with van der Waals surface area (Å²) in [5.74, 6) is -1.37. The van der Waals surface area contributed by atoms with Gasteiger partial charge >= 0.3 is 5.97 Å². The number of nitrogens with zero attached hydrogens (tertiary/aromatic N) is 1. The molecule has 0 spiro atoms. The number of nitrogens with one attached hydrogen (secondary N) is 1. The van der Waals surface area contributed by atoms with Gasteiger partial charge in [-0.25, -0.2) is 0 Å². The van der Waals surface area contributed by atoms with Crippen LogP contribution in [0.3, 0.4) is 0 Å². The Balaban J connectivity index is 0. The smallest absolute Gasteiger partial charge is 0.303 e. The SMILES string of the molecule is CCCCCCCCCCCCCCNC(=O)CC(CC(=O)O)C(N)[N+](C)(C)C.Cl. The molecule has 6 nitrogen and oxygen atoms in total. The largest absolute Gasteiger partial charge is 0.481 e. The summed E-state index contributed by atoms with van der Waals surface area (Å²) in [5.41, 5.74) is 6.20. The number of unbranched alkanes of at least 4 members (excludes halogenated alkanes) is 11. The summed E-state index contributed by atoms with van der Waals surface area (Å²) < 4.78 is 0.434. The zero-order valence-electron chi connectivity index (χ0n) is 20.0. The van der Waals surface area contributed by atoms with Crippen LogP contribution in [0.1, 0.15) is 96.8 Å². The number of rotatable bonds is 19. The van der Waals surface area contributed by atoms with E-state index in [2.05, 4.69) is 12.2 Å². The third kappa shape index (κ3) is 18.0. The standard InChI is InChI=1S/C23H47N3O3.ClH/c1-5-6-7-8-9-10-11-12-13-14-15-16-17-25-21(27)18-20(19-22(28)29)23(24)26(2,3)4;/h20,23H,5-19,24H2,1-4H3,(H-,25,27,28,29);1H/p+1. The molecule has 0 radical (unpaired) electrons. The van der Waals surface area contributed by atoms with E-state index in [-0.39, 0.29) is 43.2 Å². The number of amides is 1. The highest BCUT2D eigenvalue weighted by atomic mass is 35.5. The predicted molar refractivity (Wildman–Crippen MR) is 128 cm³/mol. The molecule has 0 aliphatic rings. The first kappa shape index (κ1) is 31.3. The highest BCUT2D eigenvalue weighted by molar-refractivity contribution is 5.85. The van der Waals surface area contributed by atoms with Crippen LogP contribution >= 0.6 is 12.4 Å². The lowest BCUT2D eigenvalue weighted by molar-refractivity contribution is -0.899. The summed E-state index contributed by atoms with van der Waals surface area (Å²) in [6.45, 7) is 2.92. The van der Waals surface area contributed by atoms with Crippen molar-refractivity contribution in [3.05, 3.63) is 0 Å². The van der Waals surface area contributed by atoms with Crippen molar-refractivity contribution >= 4 is 24.3 Å². The summed E-state index contributed by atoms with van der Waals surface area (Å²) in [6.07, 6.45) is 15.2. The normalized spacial score (nSPS) is 13.4. The maximum absolute atomic E-state index is 12.2. The van der Waals surface area contributed by atoms with E-state index in [0.29, 0.717) is 11.0 Å². The Bertz CT molecular complexity index is 442. The lowest BCUT2D eigenvalue weighted by atomic mass is 9.96. The van der Waals surface area contributed by atoms with Gasteiger partial charge in [-0.05, 0) is 6.42 Å². The molecule has 1 amide bonds. The topological polar surface area (TPSA) is 92.4 Å². The van der Waals surface area contributed by atoms with E-state index in [9.17, 15) is 9.59 Å². The number of hydrogen-bond donors (Lipinski definition) is 3. The molecular formula is C23H49ClN3O3+. The summed E-state index contributed by atoms with van der Waals surface area (Å²) in [7, 11) is 5.76. The lowest BCUT2D eigenvalue weighted by Gasteiger charge is -2.35. The van der Waals surface area contributed by atoms with E-state index in [0.717, 1.165) is 12.8 Å². The second-order valence-electron chi connectivity index (χ2n) is 9.41. The van der Waals surface area contributed by atoms with Crippen molar-refractivity contribution in [2.75, 3.05) is 27.7 Å². The van der Waals surface area contributed by atoms with Crippen molar-refractivity contribution in [2.45, 2.75) is 103 Å². The molecule has 2 atom stereocenters. The molecule has 0 rings (SSSR count). The van der Waals surface area contributed by atoms with E-state index >= 15 is 0 Å². The van der Waals surface area contributed by atoms with E-state index in [1.165, 1.54) is 64.2 Å². The lowest BCUT2D eigenvalue weighted by Crippen LogP contribution is -2.56. The Labute approximate surface area is 191 Å². The molecule has 2 unspecified atom stereocenters. The number of carboxylic acid groups (broad SMARTS) is 1. The van der Waals surface area contributed by atoms with Gasteiger partial charge in [-0.1, -0.05) is 77.6 Å². The first-order valence-corrected chi connectivity index (χ1v) is 11.7. The number of quaternary nitrogens is 1. The summed E-state index contributed by atoms with van der Waals surface area (Å²) in [4.78, 5) is 23.3. The molecule has 0 bridgehead atoms. The number of nitrogens with two attached hydrogens (primary N) is 1. The average molecular weight is 451 g/mol. The maximum Gasteiger partial charge on any atom is 0.303 e. The number of hydrogen-bond acceptors (Lipinski definition) is 3. The quantitative estimate of drug-likeness (QED) is 0.151. The van der Waals surface area contributed by atoms with Crippen LogP contribution in [0.2, 0.25) is 0 Å². The summed E-state index contributed by atoms with van der Waals surface area (Å²) >= 11 is 0. The Morgan fingerprint density at radius 3 is 1.67 bits per heavy atom. The van der Waals surface area contributed by atoms with Crippen molar-refractivity contribution in [1.29, 1.82) is 0 Å². The van der Waals surface area contributed by atoms with Crippen LogP contribution in [0.15, 0.2) is 0 Å². The molecule has 4 N–H and O–H groups in total. The highest BCUT2D eigenvalue weighted by Gasteiger charge is 2.32. The molecule has 0 saturated heterocycles. The number of halogens is 1. The van der Waals surface area contributed by atoms with Crippen LogP contribution in [0.25, 0.3) is 0 Å². The van der Waals surface area contributed by atoms with E-state index in [1.54, 1.807) is 0 Å². The number of aliphatic carboxylic acids is 1. The van der Waals surface area contributed by atoms with Gasteiger partial charge in [-0.2, -0.15) is 0 Å². The van der Waals surface area contributed by atoms with Gasteiger partial charge in [-0.15, -0.1) is 12.4 Å². The summed E-state index contributed by atoms with van der Waals surface area (Å²) in [6, 6.07) is 0. The minimum atomic E-state index is -0.910. The molecule has 0 aromatic rings. The van der Waals surface area contributed by atoms with Gasteiger partial charge in [0, 0.05) is 18.9 Å². The molecule has 30 heavy (non-hydrogen) atoms. The minimum Gasteiger partial charge on any atom is -0.481 e. The molecule has 0 fully saturated rings. The van der Waals surface area contributed by atoms with Crippen molar-refractivity contribution < 1.29 is 19.2 Å². The molecular weight excluding hydrogens is 402 g/mol. The number of carbonyl (C=O) groups excluding carboxylic acids is 1. The third-order valence-electron chi connectivity index (χ3n) is 5.61. The minimum absolute atomic E-state index is 0. The maximum atomic E-state index is 12.2. The first-order valence-electron chi connectivity index (χ1n) is 11.7. The second kappa shape index (κ2) is 18.9. The fraction of sp³-hybridized carbons (Fsp3) is 0.913. The van der Waals surface area contributed by atoms with Crippen molar-refractivity contribution in [2.24, 2.45) is 11.7 Å². The van der Waals surface area contributed by atoms with Gasteiger partial charge in [0.25, 0.3) is 0 Å². The molecule has 180 valence electrons. The molecule has 0 aromatic carbocycles. The van der Waals surface area contributed by atoms with Gasteiger partial charge in [-0.3, -0.25) is 15.3 Å². The molecule has 0 aliphatic carbocycles. The summed E-state index contributed by atoms with van der Waals surface area (Å²) in [5, 5.41) is 12.0. The van der Waals surface area contributed by atoms with Crippen LogP contribution in [0.4, 0.5) is 0 Å². The molecule has 0 aromatic heterocycles. The van der Waals surface area contributed by atoms with Crippen molar-refractivity contribution in [3.8, 4) is 0 Å². The molecule has 0 heterocycles. The fourth-order valence-electron chi connectivity index (χ4n) is 3.67. The van der Waals surface area contributed by atoms with Gasteiger partial charge in [0.2, 0.25) is 5.91 Å². The third-order valence-corrected chi connectivity index (χ3v) is 5.61. The fourth-order valence-corrected chi connectivity index (χ4v) is 3.67. The average Bonchev–Trinajstić information content (AvgIpc) is 2.63. The number of carbonyl (C=O) groups is 2. The zero-order valence-corrected chi connectivity index (χ0v) is 20.8. The molecule has 0 saturated carbocycles. The van der Waals surface area contributed by atoms with Crippen LogP contribution in [-0.4, -0.2) is 55.3 Å². The zero-order chi connectivity index (χ0) is 22.1. The van der Waals surface area contributed by atoms with Crippen LogP contribution in [-0.2, 0) is 9.59 Å². The molecule has 7 heteroatoms. The van der Waals surface area contributed by atoms with Crippen LogP contribution < -0.4 is 11.1 Å². The van der Waals surface area contributed by atoms with Gasteiger partial charge < -0.3 is 14.9 Å². The van der Waals surface area contributed by atoms with Crippen LogP contribution in [0, 0.1) is 5.92 Å². The second-order valence-corrected chi connectivity index (χ2v) is 9.41. The van der Waals surface area contributed by atoms with Crippen LogP contribution in [0.5, 0.6) is 0 Å². The Kier molecular flexibility index (Phi) is 19.7. The Morgan fingerprint density at radius 1 is 0.833 bits per heavy atom. The van der Waals surface area contributed by atoms with Crippen molar-refractivity contribution in [3.63, 3.8) is 0 Å². The van der Waals surface area contributed by atoms with Crippen molar-refractivity contribution in [1.82, 2.24) is 5.32 Å². The van der Waals surface area contributed by atoms with Gasteiger partial charge in [0.05, 0.1) is 27.6 Å². The predicted octanol–water partition coefficient (Wildman–Crippen LogP) is 4.70. The number of carboxylic acids is 1. The van der Waals surface area contributed by atoms with E-state index in [4.69, 9.17) is 10.8 Å². The monoisotopic (exact) mass is 450 g/mol. The van der Waals surface area contributed by atoms with E-state index < -0.39 is 5.97 Å². The van der Waals surface area contributed by atoms with Gasteiger partial charge in [0.1, 0.15) is 6.17 Å². The molecule has 0 aliphatic heterocycles. The Morgan fingerprint density at radius 2 is 1.27 bits per heavy atom. The van der Waals surface area contributed by atoms with E-state index in [1.807, 2.05) is 21.1 Å². The van der Waals surface area contributed by atoms with Gasteiger partial charge in [0.15, 0.2) is 0 Å².